The van der Waals surface area contributed by atoms with E-state index in [0.717, 1.165) is 12.2 Å². The molecule has 1 aliphatic heterocycles. The van der Waals surface area contributed by atoms with E-state index < -0.39 is 0 Å². The number of ketones is 2. The molecule has 1 aliphatic carbocycles. The second-order valence-corrected chi connectivity index (χ2v) is 5.23. The van der Waals surface area contributed by atoms with E-state index in [9.17, 15) is 14.7 Å². The molecule has 0 aromatic carbocycles. The number of fused-ring (bicyclic) bond motifs is 1. The summed E-state index contributed by atoms with van der Waals surface area (Å²) in [7, 11) is 1.75. The van der Waals surface area contributed by atoms with Crippen LogP contribution in [0.1, 0.15) is 39.0 Å². The van der Waals surface area contributed by atoms with Gasteiger partial charge in [-0.3, -0.25) is 9.59 Å². The molecule has 3 rings (SSSR count). The lowest BCUT2D eigenvalue weighted by Crippen LogP contribution is -2.23. The van der Waals surface area contributed by atoms with E-state index in [4.69, 9.17) is 0 Å². The van der Waals surface area contributed by atoms with Crippen molar-refractivity contribution >= 4 is 11.6 Å². The number of Topliss-reactive ketones (excluding diaryl/α,β-unsaturated/α-hetero) is 1. The third-order valence-corrected chi connectivity index (χ3v) is 4.10. The Balaban J connectivity index is 2.18. The first-order valence-corrected chi connectivity index (χ1v) is 6.33. The molecular weight excluding hydrogens is 244 g/mol. The van der Waals surface area contributed by atoms with Crippen molar-refractivity contribution in [3.8, 4) is 0 Å². The number of carbonyl (C=O) groups is 2. The number of rotatable bonds is 2. The molecule has 100 valence electrons. The molecule has 1 aromatic heterocycles. The molecule has 2 heterocycles. The first-order valence-electron chi connectivity index (χ1n) is 6.33. The van der Waals surface area contributed by atoms with Gasteiger partial charge in [-0.05, 0) is 13.8 Å². The van der Waals surface area contributed by atoms with Crippen molar-refractivity contribution < 1.29 is 14.7 Å². The summed E-state index contributed by atoms with van der Waals surface area (Å²) in [5, 5.41) is 9.47. The molecule has 2 aliphatic rings. The largest absolute Gasteiger partial charge is 0.392 e. The number of hydrogen-bond acceptors (Lipinski definition) is 4. The third-order valence-electron chi connectivity index (χ3n) is 4.10. The van der Waals surface area contributed by atoms with Gasteiger partial charge in [0.2, 0.25) is 11.6 Å². The Morgan fingerprint density at radius 2 is 2.05 bits per heavy atom. The molecule has 5 heteroatoms. The second-order valence-electron chi connectivity index (χ2n) is 5.23. The van der Waals surface area contributed by atoms with Crippen molar-refractivity contribution in [3.05, 3.63) is 34.3 Å². The highest BCUT2D eigenvalue weighted by Gasteiger charge is 2.41. The number of aromatic nitrogens is 1. The topological polar surface area (TPSA) is 62.3 Å². The van der Waals surface area contributed by atoms with Gasteiger partial charge in [-0.15, -0.1) is 0 Å². The normalized spacial score (nSPS) is 21.6. The third kappa shape index (κ3) is 1.51. The van der Waals surface area contributed by atoms with Gasteiger partial charge in [-0.25, -0.2) is 0 Å². The van der Waals surface area contributed by atoms with Crippen molar-refractivity contribution in [3.63, 3.8) is 0 Å². The maximum Gasteiger partial charge on any atom is 0.211 e. The summed E-state index contributed by atoms with van der Waals surface area (Å²) in [6.07, 6.45) is 1.43. The molecule has 0 unspecified atom stereocenters. The van der Waals surface area contributed by atoms with E-state index in [2.05, 4.69) is 0 Å². The molecule has 0 bridgehead atoms. The van der Waals surface area contributed by atoms with Crippen molar-refractivity contribution in [2.24, 2.45) is 7.05 Å². The van der Waals surface area contributed by atoms with E-state index in [1.807, 2.05) is 18.7 Å². The van der Waals surface area contributed by atoms with Crippen molar-refractivity contribution in [1.29, 1.82) is 0 Å². The van der Waals surface area contributed by atoms with Crippen LogP contribution in [0.2, 0.25) is 0 Å². The van der Waals surface area contributed by atoms with Gasteiger partial charge in [0.1, 0.15) is 5.69 Å². The van der Waals surface area contributed by atoms with Crippen LogP contribution in [0.15, 0.2) is 11.8 Å². The molecule has 0 spiro atoms. The number of nitrogens with zero attached hydrogens (tertiary/aromatic N) is 2. The van der Waals surface area contributed by atoms with Gasteiger partial charge < -0.3 is 14.6 Å². The Morgan fingerprint density at radius 3 is 2.58 bits per heavy atom. The fourth-order valence-corrected chi connectivity index (χ4v) is 2.76. The number of aliphatic hydroxyl groups excluding tert-OH is 1. The summed E-state index contributed by atoms with van der Waals surface area (Å²) in [5.74, 6) is -0.305. The van der Waals surface area contributed by atoms with E-state index in [1.165, 1.54) is 6.08 Å². The molecule has 0 amide bonds. The highest BCUT2D eigenvalue weighted by atomic mass is 16.3. The Morgan fingerprint density at radius 1 is 1.42 bits per heavy atom. The van der Waals surface area contributed by atoms with Crippen LogP contribution in [0, 0.1) is 6.92 Å². The fraction of sp³-hybridized carbons (Fsp3) is 0.429. The lowest BCUT2D eigenvalue weighted by Gasteiger charge is -2.15. The molecule has 5 nitrogen and oxygen atoms in total. The molecule has 1 N–H and O–H groups in total. The van der Waals surface area contributed by atoms with Gasteiger partial charge in [-0.1, -0.05) is 0 Å². The number of hydrogen-bond donors (Lipinski definition) is 1. The highest BCUT2D eigenvalue weighted by molar-refractivity contribution is 6.24. The van der Waals surface area contributed by atoms with E-state index >= 15 is 0 Å². The van der Waals surface area contributed by atoms with E-state index in [1.54, 1.807) is 11.6 Å². The summed E-state index contributed by atoms with van der Waals surface area (Å²) >= 11 is 0. The van der Waals surface area contributed by atoms with Crippen LogP contribution >= 0.6 is 0 Å². The van der Waals surface area contributed by atoms with Gasteiger partial charge in [0.05, 0.1) is 17.9 Å². The van der Waals surface area contributed by atoms with Crippen LogP contribution in [-0.2, 0) is 13.7 Å². The quantitative estimate of drug-likeness (QED) is 0.799. The fourth-order valence-electron chi connectivity index (χ4n) is 2.76. The molecule has 0 radical (unpaired) electrons. The lowest BCUT2D eigenvalue weighted by atomic mass is 9.95. The molecule has 1 atom stereocenters. The Kier molecular flexibility index (Phi) is 2.44. The average molecular weight is 260 g/mol. The minimum atomic E-state index is -0.225. The van der Waals surface area contributed by atoms with Crippen LogP contribution in [0.5, 0.6) is 0 Å². The highest BCUT2D eigenvalue weighted by Crippen LogP contribution is 2.34. The Bertz CT molecular complexity index is 640. The summed E-state index contributed by atoms with van der Waals surface area (Å²) in [6, 6.07) is 0.312. The predicted molar refractivity (Wildman–Crippen MR) is 69.0 cm³/mol. The van der Waals surface area contributed by atoms with Crippen LogP contribution in [0.4, 0.5) is 0 Å². The maximum atomic E-state index is 12.5. The van der Waals surface area contributed by atoms with Crippen LogP contribution in [0.25, 0.3) is 0 Å². The van der Waals surface area contributed by atoms with Gasteiger partial charge in [-0.2, -0.15) is 0 Å². The van der Waals surface area contributed by atoms with Crippen LogP contribution < -0.4 is 0 Å². The average Bonchev–Trinajstić information content (AvgIpc) is 3.03. The molecule has 1 saturated heterocycles. The summed E-state index contributed by atoms with van der Waals surface area (Å²) in [6.45, 7) is 4.40. The number of allylic oxidation sites excluding steroid dienone is 2. The summed E-state index contributed by atoms with van der Waals surface area (Å²) in [5.41, 5.74) is 2.57. The number of carbonyl (C=O) groups excluding carboxylic acids is 2. The second kappa shape index (κ2) is 3.81. The minimum Gasteiger partial charge on any atom is -0.392 e. The Hall–Kier alpha value is -1.88. The van der Waals surface area contributed by atoms with Gasteiger partial charge in [0.25, 0.3) is 0 Å². The monoisotopic (exact) mass is 260 g/mol. The SMILES string of the molecule is Cc1c(CO)c2c(n1C)C(=O)C=C(N1C[C@H]1C)C2=O. The van der Waals surface area contributed by atoms with Crippen molar-refractivity contribution in [1.82, 2.24) is 9.47 Å². The summed E-state index contributed by atoms with van der Waals surface area (Å²) in [4.78, 5) is 26.7. The van der Waals surface area contributed by atoms with Gasteiger partial charge in [0, 0.05) is 37.0 Å². The minimum absolute atomic E-state index is 0.147. The zero-order valence-electron chi connectivity index (χ0n) is 11.2. The van der Waals surface area contributed by atoms with Gasteiger partial charge in [0.15, 0.2) is 0 Å². The molecular formula is C14H16N2O3. The first kappa shape index (κ1) is 12.2. The lowest BCUT2D eigenvalue weighted by molar-refractivity contribution is 0.0963. The maximum absolute atomic E-state index is 12.5. The van der Waals surface area contributed by atoms with Crippen molar-refractivity contribution in [2.45, 2.75) is 26.5 Å². The van der Waals surface area contributed by atoms with Crippen LogP contribution in [0.3, 0.4) is 0 Å². The van der Waals surface area contributed by atoms with Crippen LogP contribution in [-0.4, -0.2) is 38.7 Å². The number of aliphatic hydroxyl groups is 1. The van der Waals surface area contributed by atoms with Crippen molar-refractivity contribution in [2.75, 3.05) is 6.54 Å². The zero-order chi connectivity index (χ0) is 13.9. The van der Waals surface area contributed by atoms with E-state index in [-0.39, 0.29) is 18.2 Å². The Labute approximate surface area is 111 Å². The summed E-state index contributed by atoms with van der Waals surface area (Å²) < 4.78 is 1.69. The predicted octanol–water partition coefficient (Wildman–Crippen LogP) is 0.793. The molecule has 19 heavy (non-hydrogen) atoms. The van der Waals surface area contributed by atoms with Gasteiger partial charge >= 0.3 is 0 Å². The molecule has 1 fully saturated rings. The zero-order valence-corrected chi connectivity index (χ0v) is 11.2. The van der Waals surface area contributed by atoms with E-state index in [0.29, 0.717) is 28.6 Å². The standard InChI is InChI=1S/C14H16N2O3/c1-7-5-16(7)10-4-11(18)13-12(14(10)19)9(6-17)8(2)15(13)3/h4,7,17H,5-6H2,1-3H3/t7-,16?/m1/s1. The smallest absolute Gasteiger partial charge is 0.211 e. The molecule has 1 aromatic rings. The molecule has 0 saturated carbocycles. The first-order chi connectivity index (χ1) is 8.97.